The lowest BCUT2D eigenvalue weighted by molar-refractivity contribution is -0.126. The SMILES string of the molecule is C[C@H](C(=O)NCc1ccccc1F)N1CCN(c2ccccc2)CC1. The summed E-state index contributed by atoms with van der Waals surface area (Å²) in [4.78, 5) is 16.9. The molecule has 3 rings (SSSR count). The molecule has 1 N–H and O–H groups in total. The van der Waals surface area contributed by atoms with Crippen LogP contribution in [0.2, 0.25) is 0 Å². The van der Waals surface area contributed by atoms with E-state index < -0.39 is 0 Å². The molecule has 0 spiro atoms. The average molecular weight is 341 g/mol. The van der Waals surface area contributed by atoms with Crippen LogP contribution in [0.25, 0.3) is 0 Å². The van der Waals surface area contributed by atoms with Crippen molar-refractivity contribution >= 4 is 11.6 Å². The van der Waals surface area contributed by atoms with E-state index in [1.807, 2.05) is 25.1 Å². The molecule has 132 valence electrons. The molecule has 0 unspecified atom stereocenters. The molecule has 1 aliphatic rings. The van der Waals surface area contributed by atoms with E-state index in [-0.39, 0.29) is 24.3 Å². The molecule has 0 bridgehead atoms. The molecule has 1 saturated heterocycles. The van der Waals surface area contributed by atoms with Crippen molar-refractivity contribution in [1.29, 1.82) is 0 Å². The van der Waals surface area contributed by atoms with Crippen molar-refractivity contribution in [3.05, 3.63) is 66.0 Å². The molecule has 1 atom stereocenters. The van der Waals surface area contributed by atoms with Gasteiger partial charge in [0.05, 0.1) is 6.04 Å². The molecule has 0 saturated carbocycles. The number of nitrogens with zero attached hydrogens (tertiary/aromatic N) is 2. The van der Waals surface area contributed by atoms with Gasteiger partial charge in [-0.2, -0.15) is 0 Å². The molecule has 2 aromatic carbocycles. The molecular weight excluding hydrogens is 317 g/mol. The molecule has 25 heavy (non-hydrogen) atoms. The van der Waals surface area contributed by atoms with Crippen molar-refractivity contribution in [2.75, 3.05) is 31.1 Å². The van der Waals surface area contributed by atoms with E-state index in [1.54, 1.807) is 18.2 Å². The Morgan fingerprint density at radius 2 is 1.68 bits per heavy atom. The minimum absolute atomic E-state index is 0.0589. The van der Waals surface area contributed by atoms with Crippen molar-refractivity contribution < 1.29 is 9.18 Å². The van der Waals surface area contributed by atoms with Crippen LogP contribution in [0.5, 0.6) is 0 Å². The van der Waals surface area contributed by atoms with Gasteiger partial charge in [0.2, 0.25) is 5.91 Å². The number of halogens is 1. The highest BCUT2D eigenvalue weighted by molar-refractivity contribution is 5.81. The van der Waals surface area contributed by atoms with Crippen molar-refractivity contribution in [1.82, 2.24) is 10.2 Å². The molecule has 1 fully saturated rings. The lowest BCUT2D eigenvalue weighted by atomic mass is 10.1. The van der Waals surface area contributed by atoms with Crippen LogP contribution in [0.15, 0.2) is 54.6 Å². The van der Waals surface area contributed by atoms with E-state index >= 15 is 0 Å². The molecule has 0 aliphatic carbocycles. The Labute approximate surface area is 148 Å². The predicted octanol–water partition coefficient (Wildman–Crippen LogP) is 2.65. The number of piperazine rings is 1. The quantitative estimate of drug-likeness (QED) is 0.908. The van der Waals surface area contributed by atoms with Gasteiger partial charge in [0.15, 0.2) is 0 Å². The number of carbonyl (C=O) groups excluding carboxylic acids is 1. The number of benzene rings is 2. The summed E-state index contributed by atoms with van der Waals surface area (Å²) in [5.74, 6) is -0.344. The zero-order chi connectivity index (χ0) is 17.6. The predicted molar refractivity (Wildman–Crippen MR) is 97.9 cm³/mol. The maximum atomic E-state index is 13.6. The van der Waals surface area contributed by atoms with Gasteiger partial charge >= 0.3 is 0 Å². The van der Waals surface area contributed by atoms with Crippen LogP contribution >= 0.6 is 0 Å². The molecule has 0 radical (unpaired) electrons. The van der Waals surface area contributed by atoms with Gasteiger partial charge in [0.25, 0.3) is 0 Å². The van der Waals surface area contributed by atoms with E-state index in [0.29, 0.717) is 5.56 Å². The smallest absolute Gasteiger partial charge is 0.237 e. The van der Waals surface area contributed by atoms with Crippen molar-refractivity contribution in [2.24, 2.45) is 0 Å². The average Bonchev–Trinajstić information content (AvgIpc) is 2.67. The van der Waals surface area contributed by atoms with Crippen LogP contribution in [-0.2, 0) is 11.3 Å². The van der Waals surface area contributed by atoms with Crippen LogP contribution in [0.3, 0.4) is 0 Å². The van der Waals surface area contributed by atoms with Crippen molar-refractivity contribution in [2.45, 2.75) is 19.5 Å². The topological polar surface area (TPSA) is 35.6 Å². The van der Waals surface area contributed by atoms with Crippen LogP contribution in [0.1, 0.15) is 12.5 Å². The third kappa shape index (κ3) is 4.37. The molecule has 2 aromatic rings. The standard InChI is InChI=1S/C20H24FN3O/c1-16(20(25)22-15-17-7-5-6-10-19(17)21)23-11-13-24(14-12-23)18-8-3-2-4-9-18/h2-10,16H,11-15H2,1H3,(H,22,25)/t16-/m1/s1. The number of para-hydroxylation sites is 1. The van der Waals surface area contributed by atoms with Gasteiger partial charge in [-0.3, -0.25) is 9.69 Å². The third-order valence-corrected chi connectivity index (χ3v) is 4.77. The van der Waals surface area contributed by atoms with Gasteiger partial charge in [-0.05, 0) is 25.1 Å². The van der Waals surface area contributed by atoms with Gasteiger partial charge in [0, 0.05) is 44.0 Å². The first-order valence-electron chi connectivity index (χ1n) is 8.70. The normalized spacial score (nSPS) is 16.5. The highest BCUT2D eigenvalue weighted by Crippen LogP contribution is 2.16. The fourth-order valence-corrected chi connectivity index (χ4v) is 3.14. The van der Waals surface area contributed by atoms with E-state index in [4.69, 9.17) is 0 Å². The summed E-state index contributed by atoms with van der Waals surface area (Å²) in [6.45, 7) is 5.60. The van der Waals surface area contributed by atoms with Crippen LogP contribution in [0.4, 0.5) is 10.1 Å². The molecule has 4 nitrogen and oxygen atoms in total. The van der Waals surface area contributed by atoms with Crippen LogP contribution in [-0.4, -0.2) is 43.0 Å². The molecule has 1 aliphatic heterocycles. The number of rotatable bonds is 5. The van der Waals surface area contributed by atoms with Gasteiger partial charge in [-0.25, -0.2) is 4.39 Å². The Morgan fingerprint density at radius 3 is 2.36 bits per heavy atom. The summed E-state index contributed by atoms with van der Waals surface area (Å²) in [7, 11) is 0. The summed E-state index contributed by atoms with van der Waals surface area (Å²) in [6, 6.07) is 16.6. The second kappa shape index (κ2) is 8.12. The molecular formula is C20H24FN3O. The van der Waals surface area contributed by atoms with Gasteiger partial charge < -0.3 is 10.2 Å². The Kier molecular flexibility index (Phi) is 5.66. The lowest BCUT2D eigenvalue weighted by Gasteiger charge is -2.38. The maximum Gasteiger partial charge on any atom is 0.237 e. The zero-order valence-corrected chi connectivity index (χ0v) is 14.5. The van der Waals surface area contributed by atoms with E-state index in [0.717, 1.165) is 26.2 Å². The largest absolute Gasteiger partial charge is 0.369 e. The number of nitrogens with one attached hydrogen (secondary N) is 1. The second-order valence-electron chi connectivity index (χ2n) is 6.34. The fourth-order valence-electron chi connectivity index (χ4n) is 3.14. The van der Waals surface area contributed by atoms with Crippen LogP contribution in [0, 0.1) is 5.82 Å². The Morgan fingerprint density at radius 1 is 1.04 bits per heavy atom. The molecule has 0 aromatic heterocycles. The van der Waals surface area contributed by atoms with E-state index in [2.05, 4.69) is 27.2 Å². The van der Waals surface area contributed by atoms with Crippen molar-refractivity contribution in [3.63, 3.8) is 0 Å². The zero-order valence-electron chi connectivity index (χ0n) is 14.5. The number of hydrogen-bond acceptors (Lipinski definition) is 3. The minimum Gasteiger partial charge on any atom is -0.369 e. The van der Waals surface area contributed by atoms with Crippen molar-refractivity contribution in [3.8, 4) is 0 Å². The summed E-state index contributed by atoms with van der Waals surface area (Å²) in [5, 5.41) is 2.85. The lowest BCUT2D eigenvalue weighted by Crippen LogP contribution is -2.53. The monoisotopic (exact) mass is 341 g/mol. The minimum atomic E-state index is -0.285. The summed E-state index contributed by atoms with van der Waals surface area (Å²) >= 11 is 0. The highest BCUT2D eigenvalue weighted by atomic mass is 19.1. The summed E-state index contributed by atoms with van der Waals surface area (Å²) < 4.78 is 13.6. The Bertz CT molecular complexity index is 699. The first-order chi connectivity index (χ1) is 12.1. The Balaban J connectivity index is 1.49. The fraction of sp³-hybridized carbons (Fsp3) is 0.350. The third-order valence-electron chi connectivity index (χ3n) is 4.77. The molecule has 5 heteroatoms. The maximum absolute atomic E-state index is 13.6. The highest BCUT2D eigenvalue weighted by Gasteiger charge is 2.25. The Hall–Kier alpha value is -2.40. The first kappa shape index (κ1) is 17.4. The van der Waals surface area contributed by atoms with E-state index in [9.17, 15) is 9.18 Å². The van der Waals surface area contributed by atoms with Gasteiger partial charge in [-0.1, -0.05) is 36.4 Å². The summed E-state index contributed by atoms with van der Waals surface area (Å²) in [5.41, 5.74) is 1.73. The summed E-state index contributed by atoms with van der Waals surface area (Å²) in [6.07, 6.45) is 0. The number of hydrogen-bond donors (Lipinski definition) is 1. The van der Waals surface area contributed by atoms with E-state index in [1.165, 1.54) is 11.8 Å². The molecule has 1 amide bonds. The first-order valence-corrected chi connectivity index (χ1v) is 8.70. The number of amides is 1. The van der Waals surface area contributed by atoms with Gasteiger partial charge in [0.1, 0.15) is 5.82 Å². The van der Waals surface area contributed by atoms with Crippen LogP contribution < -0.4 is 10.2 Å². The second-order valence-corrected chi connectivity index (χ2v) is 6.34. The number of anilines is 1. The number of carbonyl (C=O) groups is 1. The molecule has 1 heterocycles. The van der Waals surface area contributed by atoms with Gasteiger partial charge in [-0.15, -0.1) is 0 Å².